The van der Waals surface area contributed by atoms with Crippen molar-refractivity contribution in [2.24, 2.45) is 0 Å². The summed E-state index contributed by atoms with van der Waals surface area (Å²) in [5, 5.41) is 17.7. The Kier molecular flexibility index (Phi) is 3.33. The average Bonchev–Trinajstić information content (AvgIpc) is 2.48. The molecule has 0 bridgehead atoms. The highest BCUT2D eigenvalue weighted by molar-refractivity contribution is 7.99. The minimum Gasteiger partial charge on any atom is -0.416 e. The molecule has 0 aliphatic carbocycles. The molecule has 1 unspecified atom stereocenters. The summed E-state index contributed by atoms with van der Waals surface area (Å²) in [6.45, 7) is 5.48. The van der Waals surface area contributed by atoms with Crippen LogP contribution in [0.4, 0.5) is 0 Å². The molecule has 0 amide bonds. The first-order valence-electron chi connectivity index (χ1n) is 4.19. The molecule has 0 saturated carbocycles. The topological polar surface area (TPSA) is 59.2 Å². The van der Waals surface area contributed by atoms with Crippen molar-refractivity contribution in [1.82, 2.24) is 10.2 Å². The summed E-state index contributed by atoms with van der Waals surface area (Å²) in [4.78, 5) is 0. The fourth-order valence-corrected chi connectivity index (χ4v) is 1.57. The number of aryl methyl sites for hydroxylation is 1. The van der Waals surface area contributed by atoms with Crippen LogP contribution in [-0.2, 0) is 0 Å². The lowest BCUT2D eigenvalue weighted by molar-refractivity contribution is 0.0813. The number of rotatable bonds is 4. The quantitative estimate of drug-likeness (QED) is 0.752. The molecular weight excluding hydrogens is 188 g/mol. The van der Waals surface area contributed by atoms with E-state index in [0.717, 1.165) is 0 Å². The number of hydrogen-bond acceptors (Lipinski definition) is 5. The van der Waals surface area contributed by atoms with Gasteiger partial charge in [0.1, 0.15) is 0 Å². The smallest absolute Gasteiger partial charge is 0.276 e. The van der Waals surface area contributed by atoms with Gasteiger partial charge in [0.25, 0.3) is 5.22 Å². The highest BCUT2D eigenvalue weighted by atomic mass is 32.2. The number of aromatic nitrogens is 2. The second-order valence-electron chi connectivity index (χ2n) is 3.23. The minimum absolute atomic E-state index is 0.520. The molecule has 1 aromatic heterocycles. The van der Waals surface area contributed by atoms with Gasteiger partial charge in [-0.15, -0.1) is 10.2 Å². The Bertz CT molecular complexity index is 273. The zero-order chi connectivity index (χ0) is 9.90. The van der Waals surface area contributed by atoms with Crippen LogP contribution in [0.1, 0.15) is 26.2 Å². The number of nitrogens with zero attached hydrogens (tertiary/aromatic N) is 2. The molecule has 1 atom stereocenters. The van der Waals surface area contributed by atoms with Crippen molar-refractivity contribution >= 4 is 11.8 Å². The molecule has 4 nitrogen and oxygen atoms in total. The number of thioether (sulfide) groups is 1. The van der Waals surface area contributed by atoms with E-state index in [9.17, 15) is 5.11 Å². The van der Waals surface area contributed by atoms with Crippen molar-refractivity contribution in [3.8, 4) is 0 Å². The van der Waals surface area contributed by atoms with Crippen molar-refractivity contribution in [3.05, 3.63) is 5.89 Å². The van der Waals surface area contributed by atoms with E-state index in [0.29, 0.717) is 23.3 Å². The molecule has 1 N–H and O–H groups in total. The third-order valence-electron chi connectivity index (χ3n) is 1.78. The summed E-state index contributed by atoms with van der Waals surface area (Å²) in [6, 6.07) is 0. The lowest BCUT2D eigenvalue weighted by atomic mass is 10.1. The molecule has 1 aromatic rings. The normalized spacial score (nSPS) is 15.7. The molecule has 0 fully saturated rings. The van der Waals surface area contributed by atoms with Crippen LogP contribution in [0.25, 0.3) is 0 Å². The molecule has 5 heteroatoms. The van der Waals surface area contributed by atoms with Crippen molar-refractivity contribution in [2.75, 3.05) is 5.75 Å². The Hall–Kier alpha value is -0.550. The SMILES string of the molecule is CCC(C)(O)CSc1nnc(C)o1. The predicted octanol–water partition coefficient (Wildman–Crippen LogP) is 1.63. The van der Waals surface area contributed by atoms with E-state index in [1.807, 2.05) is 6.92 Å². The van der Waals surface area contributed by atoms with Gasteiger partial charge < -0.3 is 9.52 Å². The maximum absolute atomic E-state index is 9.68. The first-order valence-corrected chi connectivity index (χ1v) is 5.17. The highest BCUT2D eigenvalue weighted by Gasteiger charge is 2.19. The van der Waals surface area contributed by atoms with Gasteiger partial charge in [0.15, 0.2) is 0 Å². The van der Waals surface area contributed by atoms with Gasteiger partial charge in [-0.3, -0.25) is 0 Å². The second kappa shape index (κ2) is 4.11. The van der Waals surface area contributed by atoms with E-state index in [1.54, 1.807) is 13.8 Å². The third-order valence-corrected chi connectivity index (χ3v) is 2.95. The van der Waals surface area contributed by atoms with E-state index < -0.39 is 5.60 Å². The van der Waals surface area contributed by atoms with Crippen molar-refractivity contribution in [3.63, 3.8) is 0 Å². The van der Waals surface area contributed by atoms with Gasteiger partial charge in [-0.1, -0.05) is 18.7 Å². The summed E-state index contributed by atoms with van der Waals surface area (Å²) in [5.41, 5.74) is -0.660. The van der Waals surface area contributed by atoms with Gasteiger partial charge in [-0.25, -0.2) is 0 Å². The Labute approximate surface area is 81.7 Å². The molecule has 0 spiro atoms. The van der Waals surface area contributed by atoms with E-state index >= 15 is 0 Å². The van der Waals surface area contributed by atoms with E-state index in [2.05, 4.69) is 10.2 Å². The van der Waals surface area contributed by atoms with Crippen LogP contribution >= 0.6 is 11.8 Å². The summed E-state index contributed by atoms with van der Waals surface area (Å²) in [7, 11) is 0. The van der Waals surface area contributed by atoms with Crippen LogP contribution in [-0.4, -0.2) is 26.7 Å². The summed E-state index contributed by atoms with van der Waals surface area (Å²) < 4.78 is 5.15. The fourth-order valence-electron chi connectivity index (χ4n) is 0.656. The molecule has 13 heavy (non-hydrogen) atoms. The van der Waals surface area contributed by atoms with E-state index in [4.69, 9.17) is 4.42 Å². The third kappa shape index (κ3) is 3.36. The molecule has 74 valence electrons. The maximum Gasteiger partial charge on any atom is 0.276 e. The van der Waals surface area contributed by atoms with Crippen LogP contribution in [0.5, 0.6) is 0 Å². The summed E-state index contributed by atoms with van der Waals surface area (Å²) >= 11 is 1.38. The van der Waals surface area contributed by atoms with Crippen molar-refractivity contribution < 1.29 is 9.52 Å². The van der Waals surface area contributed by atoms with Crippen LogP contribution in [0.15, 0.2) is 9.64 Å². The average molecular weight is 202 g/mol. The molecule has 0 aliphatic rings. The Morgan fingerprint density at radius 2 is 2.23 bits per heavy atom. The number of aliphatic hydroxyl groups is 1. The predicted molar refractivity (Wildman–Crippen MR) is 50.7 cm³/mol. The molecule has 0 radical (unpaired) electrons. The molecule has 0 aromatic carbocycles. The Balaban J connectivity index is 2.43. The van der Waals surface area contributed by atoms with Gasteiger partial charge in [-0.2, -0.15) is 0 Å². The number of hydrogen-bond donors (Lipinski definition) is 1. The standard InChI is InChI=1S/C8H14N2O2S/c1-4-8(3,11)5-13-7-10-9-6(2)12-7/h11H,4-5H2,1-3H3. The van der Waals surface area contributed by atoms with Crippen LogP contribution < -0.4 is 0 Å². The lowest BCUT2D eigenvalue weighted by Gasteiger charge is -2.18. The van der Waals surface area contributed by atoms with Crippen LogP contribution in [0.3, 0.4) is 0 Å². The van der Waals surface area contributed by atoms with Gasteiger partial charge in [0, 0.05) is 12.7 Å². The molecule has 0 saturated heterocycles. The van der Waals surface area contributed by atoms with E-state index in [-0.39, 0.29) is 0 Å². The molecule has 1 rings (SSSR count). The van der Waals surface area contributed by atoms with E-state index in [1.165, 1.54) is 11.8 Å². The zero-order valence-corrected chi connectivity index (χ0v) is 8.89. The lowest BCUT2D eigenvalue weighted by Crippen LogP contribution is -2.25. The first-order chi connectivity index (χ1) is 6.03. The van der Waals surface area contributed by atoms with Crippen LogP contribution in [0, 0.1) is 6.92 Å². The van der Waals surface area contributed by atoms with Gasteiger partial charge in [-0.05, 0) is 13.3 Å². The molecule has 0 aliphatic heterocycles. The summed E-state index contributed by atoms with van der Waals surface area (Å²) in [5.74, 6) is 1.13. The molecule has 1 heterocycles. The maximum atomic E-state index is 9.68. The second-order valence-corrected chi connectivity index (χ2v) is 4.15. The van der Waals surface area contributed by atoms with Crippen LogP contribution in [0.2, 0.25) is 0 Å². The zero-order valence-electron chi connectivity index (χ0n) is 8.07. The summed E-state index contributed by atoms with van der Waals surface area (Å²) in [6.07, 6.45) is 0.715. The minimum atomic E-state index is -0.660. The Morgan fingerprint density at radius 1 is 1.54 bits per heavy atom. The monoisotopic (exact) mass is 202 g/mol. The van der Waals surface area contributed by atoms with Crippen molar-refractivity contribution in [1.29, 1.82) is 0 Å². The molecular formula is C8H14N2O2S. The van der Waals surface area contributed by atoms with Gasteiger partial charge in [0.2, 0.25) is 5.89 Å². The fraction of sp³-hybridized carbons (Fsp3) is 0.750. The highest BCUT2D eigenvalue weighted by Crippen LogP contribution is 2.22. The Morgan fingerprint density at radius 3 is 2.69 bits per heavy atom. The largest absolute Gasteiger partial charge is 0.416 e. The first kappa shape index (κ1) is 10.5. The van der Waals surface area contributed by atoms with Crippen molar-refractivity contribution in [2.45, 2.75) is 38.0 Å². The van der Waals surface area contributed by atoms with Gasteiger partial charge >= 0.3 is 0 Å². The van der Waals surface area contributed by atoms with Gasteiger partial charge in [0.05, 0.1) is 5.60 Å².